The average Bonchev–Trinajstić information content (AvgIpc) is 2.59. The summed E-state index contributed by atoms with van der Waals surface area (Å²) in [6, 6.07) is 7.37. The van der Waals surface area contributed by atoms with Crippen LogP contribution in [0, 0.1) is 5.92 Å². The van der Waals surface area contributed by atoms with Crippen molar-refractivity contribution in [3.63, 3.8) is 0 Å². The van der Waals surface area contributed by atoms with Crippen LogP contribution in [0.2, 0.25) is 0 Å². The molecule has 3 nitrogen and oxygen atoms in total. The molecule has 1 atom stereocenters. The van der Waals surface area contributed by atoms with Gasteiger partial charge >= 0.3 is 0 Å². The van der Waals surface area contributed by atoms with Gasteiger partial charge in [0.15, 0.2) is 9.84 Å². The standard InChI is InChI=1S/C12H14O3S/c13-8-12-4-2-1-3-11(12)7-10-5-6-16(14,15)9-10/h1-4,8,10H,5-7,9H2. The van der Waals surface area contributed by atoms with Gasteiger partial charge in [0.25, 0.3) is 0 Å². The molecule has 1 saturated heterocycles. The van der Waals surface area contributed by atoms with Gasteiger partial charge in [0.2, 0.25) is 0 Å². The van der Waals surface area contributed by atoms with Gasteiger partial charge in [-0.3, -0.25) is 4.79 Å². The minimum atomic E-state index is -2.82. The molecule has 0 N–H and O–H groups in total. The third-order valence-corrected chi connectivity index (χ3v) is 4.85. The van der Waals surface area contributed by atoms with Gasteiger partial charge in [0.05, 0.1) is 11.5 Å². The average molecular weight is 238 g/mol. The molecule has 0 saturated carbocycles. The molecule has 0 aromatic heterocycles. The number of benzene rings is 1. The van der Waals surface area contributed by atoms with Gasteiger partial charge in [-0.15, -0.1) is 0 Å². The molecule has 0 aliphatic carbocycles. The van der Waals surface area contributed by atoms with Crippen molar-refractivity contribution < 1.29 is 13.2 Å². The summed E-state index contributed by atoms with van der Waals surface area (Å²) in [7, 11) is -2.82. The number of hydrogen-bond acceptors (Lipinski definition) is 3. The minimum Gasteiger partial charge on any atom is -0.298 e. The Labute approximate surface area is 95.4 Å². The SMILES string of the molecule is O=Cc1ccccc1CC1CCS(=O)(=O)C1. The molecule has 0 bridgehead atoms. The zero-order chi connectivity index (χ0) is 11.6. The van der Waals surface area contributed by atoms with Gasteiger partial charge in [-0.2, -0.15) is 0 Å². The summed E-state index contributed by atoms with van der Waals surface area (Å²) in [5.74, 6) is 0.729. The van der Waals surface area contributed by atoms with Gasteiger partial charge in [0, 0.05) is 5.56 Å². The maximum absolute atomic E-state index is 11.3. The molecule has 86 valence electrons. The van der Waals surface area contributed by atoms with Crippen molar-refractivity contribution >= 4 is 16.1 Å². The Bertz CT molecular complexity index is 491. The van der Waals surface area contributed by atoms with Crippen LogP contribution in [0.1, 0.15) is 22.3 Å². The lowest BCUT2D eigenvalue weighted by atomic mass is 9.96. The lowest BCUT2D eigenvalue weighted by molar-refractivity contribution is 0.112. The van der Waals surface area contributed by atoms with Gasteiger partial charge < -0.3 is 0 Å². The largest absolute Gasteiger partial charge is 0.298 e. The number of hydrogen-bond donors (Lipinski definition) is 0. The van der Waals surface area contributed by atoms with Crippen molar-refractivity contribution in [2.75, 3.05) is 11.5 Å². The van der Waals surface area contributed by atoms with E-state index in [1.807, 2.05) is 18.2 Å². The molecule has 1 aromatic carbocycles. The zero-order valence-corrected chi connectivity index (χ0v) is 9.74. The van der Waals surface area contributed by atoms with E-state index in [-0.39, 0.29) is 11.7 Å². The van der Waals surface area contributed by atoms with Crippen LogP contribution in [-0.2, 0) is 16.3 Å². The molecule has 0 amide bonds. The van der Waals surface area contributed by atoms with E-state index in [9.17, 15) is 13.2 Å². The highest BCUT2D eigenvalue weighted by Crippen LogP contribution is 2.23. The molecule has 1 unspecified atom stereocenters. The highest BCUT2D eigenvalue weighted by Gasteiger charge is 2.28. The van der Waals surface area contributed by atoms with E-state index in [0.717, 1.165) is 18.3 Å². The van der Waals surface area contributed by atoms with Gasteiger partial charge in [-0.1, -0.05) is 24.3 Å². The van der Waals surface area contributed by atoms with E-state index in [1.54, 1.807) is 6.07 Å². The zero-order valence-electron chi connectivity index (χ0n) is 8.93. The number of aldehydes is 1. The monoisotopic (exact) mass is 238 g/mol. The topological polar surface area (TPSA) is 51.2 Å². The van der Waals surface area contributed by atoms with E-state index in [0.29, 0.717) is 17.7 Å². The fourth-order valence-electron chi connectivity index (χ4n) is 2.18. The lowest BCUT2D eigenvalue weighted by Crippen LogP contribution is -2.08. The van der Waals surface area contributed by atoms with E-state index >= 15 is 0 Å². The van der Waals surface area contributed by atoms with Gasteiger partial charge in [-0.25, -0.2) is 8.42 Å². The molecule has 1 aromatic rings. The normalized spacial score (nSPS) is 23.1. The summed E-state index contributed by atoms with van der Waals surface area (Å²) < 4.78 is 22.6. The van der Waals surface area contributed by atoms with E-state index in [4.69, 9.17) is 0 Å². The summed E-state index contributed by atoms with van der Waals surface area (Å²) in [4.78, 5) is 10.8. The third kappa shape index (κ3) is 2.50. The Morgan fingerprint density at radius 3 is 2.69 bits per heavy atom. The molecule has 1 aliphatic heterocycles. The second-order valence-electron chi connectivity index (χ2n) is 4.29. The van der Waals surface area contributed by atoms with Gasteiger partial charge in [0.1, 0.15) is 6.29 Å². The summed E-state index contributed by atoms with van der Waals surface area (Å²) in [6.45, 7) is 0. The van der Waals surface area contributed by atoms with Crippen LogP contribution in [0.3, 0.4) is 0 Å². The predicted molar refractivity (Wildman–Crippen MR) is 62.3 cm³/mol. The molecule has 1 aliphatic rings. The lowest BCUT2D eigenvalue weighted by Gasteiger charge is -2.09. The third-order valence-electron chi connectivity index (χ3n) is 3.02. The van der Waals surface area contributed by atoms with E-state index in [1.165, 1.54) is 0 Å². The number of sulfone groups is 1. The van der Waals surface area contributed by atoms with Crippen LogP contribution in [0.4, 0.5) is 0 Å². The number of carbonyl (C=O) groups is 1. The van der Waals surface area contributed by atoms with Crippen LogP contribution in [0.5, 0.6) is 0 Å². The van der Waals surface area contributed by atoms with E-state index < -0.39 is 9.84 Å². The van der Waals surface area contributed by atoms with Crippen LogP contribution in [0.25, 0.3) is 0 Å². The Morgan fingerprint density at radius 1 is 1.31 bits per heavy atom. The van der Waals surface area contributed by atoms with Crippen molar-refractivity contribution in [3.05, 3.63) is 35.4 Å². The van der Waals surface area contributed by atoms with E-state index in [2.05, 4.69) is 0 Å². The quantitative estimate of drug-likeness (QED) is 0.749. The Morgan fingerprint density at radius 2 is 2.06 bits per heavy atom. The second kappa shape index (κ2) is 4.37. The fraction of sp³-hybridized carbons (Fsp3) is 0.417. The van der Waals surface area contributed by atoms with Gasteiger partial charge in [-0.05, 0) is 24.3 Å². The van der Waals surface area contributed by atoms with Crippen LogP contribution in [0.15, 0.2) is 24.3 Å². The first-order valence-corrected chi connectivity index (χ1v) is 7.16. The summed E-state index contributed by atoms with van der Waals surface area (Å²) >= 11 is 0. The molecule has 4 heteroatoms. The molecular formula is C12H14O3S. The molecule has 0 spiro atoms. The van der Waals surface area contributed by atoms with Crippen molar-refractivity contribution in [1.29, 1.82) is 0 Å². The summed E-state index contributed by atoms with van der Waals surface area (Å²) in [6.07, 6.45) is 2.24. The Kier molecular flexibility index (Phi) is 3.10. The molecular weight excluding hydrogens is 224 g/mol. The molecule has 1 heterocycles. The summed E-state index contributed by atoms with van der Waals surface area (Å²) in [5, 5.41) is 0. The number of carbonyl (C=O) groups excluding carboxylic acids is 1. The first-order valence-electron chi connectivity index (χ1n) is 5.34. The highest BCUT2D eigenvalue weighted by atomic mass is 32.2. The second-order valence-corrected chi connectivity index (χ2v) is 6.52. The van der Waals surface area contributed by atoms with Crippen LogP contribution >= 0.6 is 0 Å². The number of rotatable bonds is 3. The molecule has 16 heavy (non-hydrogen) atoms. The van der Waals surface area contributed by atoms with Crippen molar-refractivity contribution in [2.24, 2.45) is 5.92 Å². The maximum atomic E-state index is 11.3. The smallest absolute Gasteiger partial charge is 0.150 e. The maximum Gasteiger partial charge on any atom is 0.150 e. The fourth-order valence-corrected chi connectivity index (χ4v) is 4.04. The first-order chi connectivity index (χ1) is 7.61. The minimum absolute atomic E-state index is 0.172. The predicted octanol–water partition coefficient (Wildman–Crippen LogP) is 1.48. The highest BCUT2D eigenvalue weighted by molar-refractivity contribution is 7.91. The Hall–Kier alpha value is -1.16. The van der Waals surface area contributed by atoms with Crippen LogP contribution in [-0.4, -0.2) is 26.2 Å². The Balaban J connectivity index is 2.13. The molecule has 0 radical (unpaired) electrons. The summed E-state index contributed by atoms with van der Waals surface area (Å²) in [5.41, 5.74) is 1.63. The van der Waals surface area contributed by atoms with Crippen molar-refractivity contribution in [1.82, 2.24) is 0 Å². The van der Waals surface area contributed by atoms with Crippen molar-refractivity contribution in [2.45, 2.75) is 12.8 Å². The first kappa shape index (κ1) is 11.3. The molecule has 2 rings (SSSR count). The molecule has 1 fully saturated rings. The van der Waals surface area contributed by atoms with Crippen molar-refractivity contribution in [3.8, 4) is 0 Å². The van der Waals surface area contributed by atoms with Crippen LogP contribution < -0.4 is 0 Å².